The minimum absolute atomic E-state index is 0.0303. The Morgan fingerprint density at radius 1 is 1.29 bits per heavy atom. The fourth-order valence-electron chi connectivity index (χ4n) is 2.74. The first-order valence-electron chi connectivity index (χ1n) is 8.01. The number of hydrogen-bond donors (Lipinski definition) is 2. The van der Waals surface area contributed by atoms with Gasteiger partial charge in [-0.15, -0.1) is 11.8 Å². The molecule has 3 rings (SSSR count). The second kappa shape index (κ2) is 6.69. The monoisotopic (exact) mass is 340 g/mol. The largest absolute Gasteiger partial charge is 0.324 e. The van der Waals surface area contributed by atoms with Gasteiger partial charge in [0, 0.05) is 16.1 Å². The molecule has 0 unspecified atom stereocenters. The zero-order valence-corrected chi connectivity index (χ0v) is 14.8. The lowest BCUT2D eigenvalue weighted by Gasteiger charge is -2.22. The Bertz CT molecular complexity index is 817. The highest BCUT2D eigenvalue weighted by molar-refractivity contribution is 8.00. The van der Waals surface area contributed by atoms with Crippen molar-refractivity contribution in [2.75, 3.05) is 10.6 Å². The number of hydrogen-bond acceptors (Lipinski definition) is 3. The summed E-state index contributed by atoms with van der Waals surface area (Å²) in [6.45, 7) is 5.92. The maximum absolute atomic E-state index is 12.6. The number of para-hydroxylation sites is 1. The molecule has 0 saturated carbocycles. The average Bonchev–Trinajstić information content (AvgIpc) is 2.57. The number of anilines is 2. The zero-order chi connectivity index (χ0) is 17.3. The molecule has 5 heteroatoms. The van der Waals surface area contributed by atoms with E-state index in [-0.39, 0.29) is 17.1 Å². The van der Waals surface area contributed by atoms with Gasteiger partial charge in [0.25, 0.3) is 5.91 Å². The van der Waals surface area contributed by atoms with Crippen molar-refractivity contribution in [3.05, 3.63) is 53.1 Å². The minimum atomic E-state index is -0.167. The van der Waals surface area contributed by atoms with Gasteiger partial charge in [-0.2, -0.15) is 0 Å². The number of rotatable bonds is 3. The van der Waals surface area contributed by atoms with E-state index in [1.807, 2.05) is 38.1 Å². The van der Waals surface area contributed by atoms with E-state index in [1.54, 1.807) is 12.1 Å². The molecule has 1 heterocycles. The summed E-state index contributed by atoms with van der Waals surface area (Å²) < 4.78 is 0. The number of thioether (sulfide) groups is 1. The highest BCUT2D eigenvalue weighted by atomic mass is 32.2. The molecule has 24 heavy (non-hydrogen) atoms. The Labute approximate surface area is 146 Å². The number of carbonyl (C=O) groups excluding carboxylic acids is 2. The lowest BCUT2D eigenvalue weighted by molar-refractivity contribution is -0.115. The van der Waals surface area contributed by atoms with E-state index in [0.717, 1.165) is 28.1 Å². The summed E-state index contributed by atoms with van der Waals surface area (Å²) >= 11 is 1.51. The van der Waals surface area contributed by atoms with Crippen molar-refractivity contribution in [2.45, 2.75) is 37.3 Å². The second-order valence-electron chi connectivity index (χ2n) is 5.88. The molecule has 0 radical (unpaired) electrons. The van der Waals surface area contributed by atoms with Crippen LogP contribution in [-0.2, 0) is 11.2 Å². The molecule has 2 amide bonds. The summed E-state index contributed by atoms with van der Waals surface area (Å²) in [6, 6.07) is 11.4. The number of benzene rings is 2. The molecule has 0 bridgehead atoms. The fraction of sp³-hybridized carbons (Fsp3) is 0.263. The van der Waals surface area contributed by atoms with Crippen LogP contribution in [0.1, 0.15) is 35.3 Å². The lowest BCUT2D eigenvalue weighted by atomic mass is 10.1. The van der Waals surface area contributed by atoms with E-state index < -0.39 is 0 Å². The molecule has 1 aliphatic rings. The Hall–Kier alpha value is -2.27. The van der Waals surface area contributed by atoms with Crippen molar-refractivity contribution >= 4 is 35.0 Å². The van der Waals surface area contributed by atoms with Crippen molar-refractivity contribution in [2.24, 2.45) is 0 Å². The van der Waals surface area contributed by atoms with Gasteiger partial charge in [-0.3, -0.25) is 9.59 Å². The normalized spacial score (nSPS) is 16.3. The van der Waals surface area contributed by atoms with Crippen molar-refractivity contribution < 1.29 is 9.59 Å². The van der Waals surface area contributed by atoms with Gasteiger partial charge < -0.3 is 10.6 Å². The molecule has 2 aromatic rings. The highest BCUT2D eigenvalue weighted by Crippen LogP contribution is 2.36. The molecular weight excluding hydrogens is 320 g/mol. The van der Waals surface area contributed by atoms with Crippen LogP contribution in [0.2, 0.25) is 0 Å². The average molecular weight is 340 g/mol. The van der Waals surface area contributed by atoms with Gasteiger partial charge in [-0.05, 0) is 49.6 Å². The van der Waals surface area contributed by atoms with Gasteiger partial charge in [-0.1, -0.05) is 25.1 Å². The standard InChI is InChI=1S/C19H20N2O2S/c1-4-13-7-5-6-11(2)17(13)21-19(23)14-8-9-16-15(10-14)20-18(22)12(3)24-16/h5-10,12H,4H2,1-3H3,(H,20,22)(H,21,23)/t12-/m1/s1. The summed E-state index contributed by atoms with van der Waals surface area (Å²) in [5.41, 5.74) is 4.26. The van der Waals surface area contributed by atoms with Crippen LogP contribution in [0.5, 0.6) is 0 Å². The lowest BCUT2D eigenvalue weighted by Crippen LogP contribution is -2.26. The van der Waals surface area contributed by atoms with E-state index in [4.69, 9.17) is 0 Å². The van der Waals surface area contributed by atoms with Gasteiger partial charge in [0.15, 0.2) is 0 Å². The van der Waals surface area contributed by atoms with Crippen LogP contribution in [0.15, 0.2) is 41.3 Å². The zero-order valence-electron chi connectivity index (χ0n) is 14.0. The van der Waals surface area contributed by atoms with Gasteiger partial charge in [-0.25, -0.2) is 0 Å². The third-order valence-corrected chi connectivity index (χ3v) is 5.33. The fourth-order valence-corrected chi connectivity index (χ4v) is 3.67. The molecule has 0 spiro atoms. The van der Waals surface area contributed by atoms with Crippen LogP contribution in [0.4, 0.5) is 11.4 Å². The molecule has 1 atom stereocenters. The third-order valence-electron chi connectivity index (χ3n) is 4.15. The maximum atomic E-state index is 12.6. The minimum Gasteiger partial charge on any atom is -0.324 e. The first-order valence-corrected chi connectivity index (χ1v) is 8.89. The van der Waals surface area contributed by atoms with Crippen LogP contribution in [0.25, 0.3) is 0 Å². The highest BCUT2D eigenvalue weighted by Gasteiger charge is 2.24. The van der Waals surface area contributed by atoms with Crippen molar-refractivity contribution in [3.8, 4) is 0 Å². The van der Waals surface area contributed by atoms with E-state index in [1.165, 1.54) is 11.8 Å². The van der Waals surface area contributed by atoms with E-state index in [2.05, 4.69) is 17.6 Å². The Balaban J connectivity index is 1.87. The topological polar surface area (TPSA) is 58.2 Å². The molecule has 124 valence electrons. The number of aryl methyl sites for hydroxylation is 2. The molecule has 2 aromatic carbocycles. The quantitative estimate of drug-likeness (QED) is 0.878. The predicted octanol–water partition coefficient (Wildman–Crippen LogP) is 4.24. The molecule has 0 aliphatic carbocycles. The van der Waals surface area contributed by atoms with Gasteiger partial charge >= 0.3 is 0 Å². The molecule has 0 saturated heterocycles. The Morgan fingerprint density at radius 2 is 2.08 bits per heavy atom. The summed E-state index contributed by atoms with van der Waals surface area (Å²) in [5.74, 6) is -0.197. The molecule has 2 N–H and O–H groups in total. The smallest absolute Gasteiger partial charge is 0.255 e. The van der Waals surface area contributed by atoms with Crippen LogP contribution in [0, 0.1) is 6.92 Å². The molecule has 0 fully saturated rings. The van der Waals surface area contributed by atoms with Crippen molar-refractivity contribution in [3.63, 3.8) is 0 Å². The van der Waals surface area contributed by atoms with E-state index in [0.29, 0.717) is 11.3 Å². The first-order chi connectivity index (χ1) is 11.5. The summed E-state index contributed by atoms with van der Waals surface area (Å²) in [5, 5.41) is 5.76. The SMILES string of the molecule is CCc1cccc(C)c1NC(=O)c1ccc2c(c1)NC(=O)[C@@H](C)S2. The van der Waals surface area contributed by atoms with Crippen LogP contribution >= 0.6 is 11.8 Å². The number of carbonyl (C=O) groups is 2. The molecule has 1 aliphatic heterocycles. The van der Waals surface area contributed by atoms with Gasteiger partial charge in [0.05, 0.1) is 10.9 Å². The number of amides is 2. The van der Waals surface area contributed by atoms with Crippen LogP contribution in [-0.4, -0.2) is 17.1 Å². The van der Waals surface area contributed by atoms with Crippen LogP contribution < -0.4 is 10.6 Å². The first kappa shape index (κ1) is 16.6. The van der Waals surface area contributed by atoms with E-state index >= 15 is 0 Å². The Kier molecular flexibility index (Phi) is 4.62. The predicted molar refractivity (Wildman–Crippen MR) is 98.9 cm³/mol. The summed E-state index contributed by atoms with van der Waals surface area (Å²) in [4.78, 5) is 25.4. The number of nitrogens with one attached hydrogen (secondary N) is 2. The van der Waals surface area contributed by atoms with Crippen molar-refractivity contribution in [1.29, 1.82) is 0 Å². The maximum Gasteiger partial charge on any atom is 0.255 e. The molecular formula is C19H20N2O2S. The number of fused-ring (bicyclic) bond motifs is 1. The summed E-state index contributed by atoms with van der Waals surface area (Å²) in [6.07, 6.45) is 0.853. The van der Waals surface area contributed by atoms with Gasteiger partial charge in [0.1, 0.15) is 0 Å². The Morgan fingerprint density at radius 3 is 2.83 bits per heavy atom. The molecule has 0 aromatic heterocycles. The van der Waals surface area contributed by atoms with Gasteiger partial charge in [0.2, 0.25) is 5.91 Å². The molecule has 4 nitrogen and oxygen atoms in total. The van der Waals surface area contributed by atoms with Crippen LogP contribution in [0.3, 0.4) is 0 Å². The van der Waals surface area contributed by atoms with E-state index in [9.17, 15) is 9.59 Å². The third kappa shape index (κ3) is 3.17. The van der Waals surface area contributed by atoms with Crippen molar-refractivity contribution in [1.82, 2.24) is 0 Å². The second-order valence-corrected chi connectivity index (χ2v) is 7.26. The summed E-state index contributed by atoms with van der Waals surface area (Å²) in [7, 11) is 0.